The Morgan fingerprint density at radius 2 is 1.12 bits per heavy atom. The topological polar surface area (TPSA) is 39.9 Å². The van der Waals surface area contributed by atoms with E-state index in [0.29, 0.717) is 11.5 Å². The Bertz CT molecular complexity index is 2940. The number of aromatic nitrogens is 3. The van der Waals surface area contributed by atoms with Gasteiger partial charge in [0.05, 0.1) is 22.1 Å². The maximum Gasteiger partial charge on any atom is 2.00 e. The second-order valence-corrected chi connectivity index (χ2v) is 17.7. The summed E-state index contributed by atoms with van der Waals surface area (Å²) in [5, 5.41) is 2.45. The summed E-state index contributed by atoms with van der Waals surface area (Å²) in [7, 11) is 0. The standard InChI is InChI=1S/C55H45N3O.Pt/c1-53(2,3)37-24-26-43-44-27-25-38(54(4,5)6)34-48(44)55(47(43)33-37,52-23-11-12-29-57-52)39-16-14-18-42(32-39)59-41-17-13-15-36(31-41)49-35-40(28-30-56-49)58-50-21-9-7-19-45(50)46-20-8-10-22-51(46)58;/h7-30,33-35H,1-6H3;/q-2;+2. The summed E-state index contributed by atoms with van der Waals surface area (Å²) >= 11 is 0. The molecule has 10 rings (SSSR count). The minimum absolute atomic E-state index is 0. The summed E-state index contributed by atoms with van der Waals surface area (Å²) in [6.45, 7) is 13.7. The molecule has 0 spiro atoms. The predicted molar refractivity (Wildman–Crippen MR) is 241 cm³/mol. The Hall–Kier alpha value is -6.09. The Morgan fingerprint density at radius 3 is 1.72 bits per heavy atom. The number of hydrogen-bond acceptors (Lipinski definition) is 3. The molecule has 0 saturated carbocycles. The average Bonchev–Trinajstić information content (AvgIpc) is 3.74. The molecule has 0 atom stereocenters. The van der Waals surface area contributed by atoms with E-state index in [2.05, 4.69) is 180 Å². The Kier molecular flexibility index (Phi) is 9.76. The molecule has 0 fully saturated rings. The largest absolute Gasteiger partial charge is 2.00 e. The van der Waals surface area contributed by atoms with Crippen molar-refractivity contribution in [3.63, 3.8) is 0 Å². The third kappa shape index (κ3) is 6.50. The summed E-state index contributed by atoms with van der Waals surface area (Å²) < 4.78 is 9.01. The van der Waals surface area contributed by atoms with Crippen molar-refractivity contribution < 1.29 is 25.8 Å². The molecule has 6 aromatic carbocycles. The van der Waals surface area contributed by atoms with Crippen LogP contribution >= 0.6 is 0 Å². The van der Waals surface area contributed by atoms with E-state index in [-0.39, 0.29) is 31.9 Å². The van der Waals surface area contributed by atoms with Gasteiger partial charge in [0.25, 0.3) is 0 Å². The number of hydrogen-bond donors (Lipinski definition) is 0. The molecule has 0 saturated heterocycles. The van der Waals surface area contributed by atoms with Crippen LogP contribution in [-0.2, 0) is 37.3 Å². The summed E-state index contributed by atoms with van der Waals surface area (Å²) in [4.78, 5) is 9.95. The van der Waals surface area contributed by atoms with Crippen LogP contribution in [0.5, 0.6) is 11.5 Å². The van der Waals surface area contributed by atoms with Crippen molar-refractivity contribution in [1.29, 1.82) is 0 Å². The molecule has 0 radical (unpaired) electrons. The zero-order chi connectivity index (χ0) is 40.5. The van der Waals surface area contributed by atoms with Crippen molar-refractivity contribution in [2.75, 3.05) is 0 Å². The molecule has 9 aromatic rings. The molecular weight excluding hydrogens is 914 g/mol. The van der Waals surface area contributed by atoms with Crippen LogP contribution in [0.1, 0.15) is 75.1 Å². The molecule has 0 N–H and O–H groups in total. The van der Waals surface area contributed by atoms with Gasteiger partial charge in [-0.2, -0.15) is 12.1 Å². The van der Waals surface area contributed by atoms with Crippen LogP contribution in [0.25, 0.3) is 49.9 Å². The molecule has 0 unspecified atom stereocenters. The number of para-hydroxylation sites is 2. The molecule has 0 amide bonds. The predicted octanol–water partition coefficient (Wildman–Crippen LogP) is 13.6. The Labute approximate surface area is 367 Å². The first-order chi connectivity index (χ1) is 28.5. The van der Waals surface area contributed by atoms with E-state index in [4.69, 9.17) is 14.7 Å². The van der Waals surface area contributed by atoms with Crippen LogP contribution in [0.4, 0.5) is 0 Å². The molecule has 3 aromatic heterocycles. The molecule has 0 aliphatic heterocycles. The van der Waals surface area contributed by atoms with Gasteiger partial charge in [0.15, 0.2) is 0 Å². The van der Waals surface area contributed by atoms with Gasteiger partial charge in [-0.15, -0.1) is 41.5 Å². The van der Waals surface area contributed by atoms with E-state index in [1.54, 1.807) is 0 Å². The van der Waals surface area contributed by atoms with E-state index in [9.17, 15) is 0 Å². The van der Waals surface area contributed by atoms with Gasteiger partial charge >= 0.3 is 21.1 Å². The second kappa shape index (κ2) is 14.9. The van der Waals surface area contributed by atoms with Gasteiger partial charge in [-0.1, -0.05) is 133 Å². The van der Waals surface area contributed by atoms with Crippen LogP contribution in [0.3, 0.4) is 0 Å². The zero-order valence-corrected chi connectivity index (χ0v) is 36.9. The molecule has 5 heteroatoms. The molecule has 296 valence electrons. The quantitative estimate of drug-likeness (QED) is 0.156. The van der Waals surface area contributed by atoms with Crippen molar-refractivity contribution in [3.8, 4) is 39.6 Å². The minimum atomic E-state index is -0.740. The first kappa shape index (κ1) is 39.4. The van der Waals surface area contributed by atoms with Gasteiger partial charge < -0.3 is 14.3 Å². The van der Waals surface area contributed by atoms with Crippen LogP contribution in [0.15, 0.2) is 164 Å². The van der Waals surface area contributed by atoms with Crippen LogP contribution < -0.4 is 4.74 Å². The van der Waals surface area contributed by atoms with Crippen molar-refractivity contribution in [3.05, 3.63) is 210 Å². The van der Waals surface area contributed by atoms with Gasteiger partial charge in [-0.05, 0) is 80.2 Å². The van der Waals surface area contributed by atoms with E-state index >= 15 is 0 Å². The third-order valence-corrected chi connectivity index (χ3v) is 11.9. The summed E-state index contributed by atoms with van der Waals surface area (Å²) in [5.41, 5.74) is 13.5. The number of ether oxygens (including phenoxy) is 1. The van der Waals surface area contributed by atoms with Crippen LogP contribution in [-0.4, -0.2) is 14.5 Å². The first-order valence-electron chi connectivity index (χ1n) is 20.4. The molecule has 0 bridgehead atoms. The number of nitrogens with zero attached hydrogens (tertiary/aromatic N) is 3. The normalized spacial score (nSPS) is 13.2. The molecular formula is C55H45N3OPt. The zero-order valence-electron chi connectivity index (χ0n) is 34.7. The summed E-state index contributed by atoms with van der Waals surface area (Å²) in [6.07, 6.45) is 3.78. The van der Waals surface area contributed by atoms with Gasteiger partial charge in [-0.3, -0.25) is 4.98 Å². The van der Waals surface area contributed by atoms with Gasteiger partial charge in [0.1, 0.15) is 0 Å². The van der Waals surface area contributed by atoms with E-state index in [0.717, 1.165) is 39.2 Å². The number of rotatable bonds is 6. The molecule has 60 heavy (non-hydrogen) atoms. The van der Waals surface area contributed by atoms with Crippen molar-refractivity contribution in [2.24, 2.45) is 0 Å². The van der Waals surface area contributed by atoms with Crippen LogP contribution in [0, 0.1) is 12.1 Å². The number of pyridine rings is 2. The smallest absolute Gasteiger partial charge is 0.503 e. The van der Waals surface area contributed by atoms with Crippen molar-refractivity contribution in [2.45, 2.75) is 57.8 Å². The van der Waals surface area contributed by atoms with Crippen molar-refractivity contribution in [1.82, 2.24) is 14.5 Å². The van der Waals surface area contributed by atoms with Crippen LogP contribution in [0.2, 0.25) is 0 Å². The fourth-order valence-corrected chi connectivity index (χ4v) is 8.95. The van der Waals surface area contributed by atoms with Gasteiger partial charge in [0.2, 0.25) is 0 Å². The van der Waals surface area contributed by atoms with Crippen molar-refractivity contribution >= 4 is 21.8 Å². The van der Waals surface area contributed by atoms with Gasteiger partial charge in [0, 0.05) is 40.4 Å². The Morgan fingerprint density at radius 1 is 0.533 bits per heavy atom. The summed E-state index contributed by atoms with van der Waals surface area (Å²) in [5.74, 6) is 1.19. The fourth-order valence-electron chi connectivity index (χ4n) is 8.95. The SMILES string of the molecule is CC(C)(C)c1ccc2c(c1)C(c1[c-]c(Oc3[c-]c(-c4cc(-n5c6ccccc6c6ccccc65)ccn4)ccc3)ccc1)(c1ccccn1)c1cc(C(C)(C)C)ccc1-2.[Pt+2]. The molecule has 1 aliphatic carbocycles. The van der Waals surface area contributed by atoms with Gasteiger partial charge in [-0.25, -0.2) is 0 Å². The number of fused-ring (bicyclic) bond motifs is 6. The fraction of sp³-hybridized carbons (Fsp3) is 0.164. The van der Waals surface area contributed by atoms with E-state index in [1.807, 2.05) is 42.7 Å². The molecule has 3 heterocycles. The average molecular weight is 959 g/mol. The summed E-state index contributed by atoms with van der Waals surface area (Å²) in [6, 6.07) is 61.1. The molecule has 1 aliphatic rings. The molecule has 4 nitrogen and oxygen atoms in total. The Balaban J connectivity index is 0.00000462. The third-order valence-electron chi connectivity index (χ3n) is 11.9. The minimum Gasteiger partial charge on any atom is -0.503 e. The monoisotopic (exact) mass is 958 g/mol. The first-order valence-corrected chi connectivity index (χ1v) is 20.4. The number of benzene rings is 6. The van der Waals surface area contributed by atoms with E-state index in [1.165, 1.54) is 44.2 Å². The maximum atomic E-state index is 6.71. The van der Waals surface area contributed by atoms with E-state index < -0.39 is 5.41 Å². The maximum absolute atomic E-state index is 6.71. The second-order valence-electron chi connectivity index (χ2n) is 17.7.